The minimum atomic E-state index is -0.0105. The quantitative estimate of drug-likeness (QED) is 0.916. The summed E-state index contributed by atoms with van der Waals surface area (Å²) >= 11 is 5.94. The lowest BCUT2D eigenvalue weighted by Crippen LogP contribution is -2.27. The van der Waals surface area contributed by atoms with Crippen molar-refractivity contribution in [1.82, 2.24) is 5.32 Å². The topological polar surface area (TPSA) is 47.6 Å². The molecule has 5 heteroatoms. The molecule has 0 unspecified atom stereocenters. The molecule has 4 nitrogen and oxygen atoms in total. The molecule has 2 aromatic carbocycles. The van der Waals surface area contributed by atoms with Crippen LogP contribution in [0.3, 0.4) is 0 Å². The Labute approximate surface area is 140 Å². The minimum absolute atomic E-state index is 0.0105. The molecular formula is C18H18ClNO3. The van der Waals surface area contributed by atoms with Gasteiger partial charge in [0.2, 0.25) is 5.91 Å². The Bertz CT molecular complexity index is 702. The van der Waals surface area contributed by atoms with Gasteiger partial charge < -0.3 is 14.8 Å². The largest absolute Gasteiger partial charge is 0.486 e. The summed E-state index contributed by atoms with van der Waals surface area (Å²) in [6, 6.07) is 13.3. The SMILES string of the molecule is O=C(Cc1ccc2c(c1)OCCO2)NCCc1cccc(Cl)c1. The summed E-state index contributed by atoms with van der Waals surface area (Å²) < 4.78 is 11.0. The van der Waals surface area contributed by atoms with Crippen LogP contribution < -0.4 is 14.8 Å². The van der Waals surface area contributed by atoms with Gasteiger partial charge in [-0.2, -0.15) is 0 Å². The average Bonchev–Trinajstić information content (AvgIpc) is 2.55. The van der Waals surface area contributed by atoms with E-state index in [1.165, 1.54) is 0 Å². The Kier molecular flexibility index (Phi) is 5.03. The molecule has 1 N–H and O–H groups in total. The van der Waals surface area contributed by atoms with Crippen molar-refractivity contribution in [3.63, 3.8) is 0 Å². The molecule has 3 rings (SSSR count). The first-order valence-corrected chi connectivity index (χ1v) is 7.98. The van der Waals surface area contributed by atoms with Crippen LogP contribution in [0.2, 0.25) is 5.02 Å². The average molecular weight is 332 g/mol. The molecule has 120 valence electrons. The van der Waals surface area contributed by atoms with E-state index in [0.29, 0.717) is 37.0 Å². The molecule has 0 bridgehead atoms. The van der Waals surface area contributed by atoms with E-state index >= 15 is 0 Å². The molecule has 1 aliphatic heterocycles. The van der Waals surface area contributed by atoms with Gasteiger partial charge in [-0.25, -0.2) is 0 Å². The predicted octanol–water partition coefficient (Wildman–Crippen LogP) is 3.01. The molecule has 0 aromatic heterocycles. The standard InChI is InChI=1S/C18H18ClNO3/c19-15-3-1-2-13(10-15)6-7-20-18(21)12-14-4-5-16-17(11-14)23-9-8-22-16/h1-5,10-11H,6-9,12H2,(H,20,21). The van der Waals surface area contributed by atoms with Crippen molar-refractivity contribution < 1.29 is 14.3 Å². The molecule has 0 spiro atoms. The van der Waals surface area contributed by atoms with E-state index in [1.54, 1.807) is 0 Å². The van der Waals surface area contributed by atoms with E-state index in [0.717, 1.165) is 23.3 Å². The second-order valence-corrected chi connectivity index (χ2v) is 5.82. The molecular weight excluding hydrogens is 314 g/mol. The third-order valence-electron chi connectivity index (χ3n) is 3.60. The maximum Gasteiger partial charge on any atom is 0.224 e. The third-order valence-corrected chi connectivity index (χ3v) is 3.83. The van der Waals surface area contributed by atoms with Crippen LogP contribution in [0.1, 0.15) is 11.1 Å². The molecule has 0 atom stereocenters. The second-order valence-electron chi connectivity index (χ2n) is 5.38. The van der Waals surface area contributed by atoms with Crippen LogP contribution in [0.5, 0.6) is 11.5 Å². The van der Waals surface area contributed by atoms with E-state index in [-0.39, 0.29) is 5.91 Å². The Morgan fingerprint density at radius 1 is 1.04 bits per heavy atom. The number of nitrogens with one attached hydrogen (secondary N) is 1. The van der Waals surface area contributed by atoms with Gasteiger partial charge in [0.1, 0.15) is 13.2 Å². The highest BCUT2D eigenvalue weighted by molar-refractivity contribution is 6.30. The first-order valence-electron chi connectivity index (χ1n) is 7.60. The van der Waals surface area contributed by atoms with E-state index in [1.807, 2.05) is 42.5 Å². The Hall–Kier alpha value is -2.20. The van der Waals surface area contributed by atoms with Crippen molar-refractivity contribution in [3.8, 4) is 11.5 Å². The zero-order valence-electron chi connectivity index (χ0n) is 12.7. The van der Waals surface area contributed by atoms with Crippen LogP contribution in [-0.2, 0) is 17.6 Å². The van der Waals surface area contributed by atoms with Crippen LogP contribution in [0.4, 0.5) is 0 Å². The monoisotopic (exact) mass is 331 g/mol. The van der Waals surface area contributed by atoms with Gasteiger partial charge in [0, 0.05) is 11.6 Å². The summed E-state index contributed by atoms with van der Waals surface area (Å²) in [5.74, 6) is 1.44. The van der Waals surface area contributed by atoms with Gasteiger partial charge in [-0.3, -0.25) is 4.79 Å². The molecule has 1 heterocycles. The summed E-state index contributed by atoms with van der Waals surface area (Å²) in [5, 5.41) is 3.64. The third kappa shape index (κ3) is 4.39. The molecule has 0 saturated heterocycles. The molecule has 2 aromatic rings. The number of amides is 1. The van der Waals surface area contributed by atoms with Gasteiger partial charge >= 0.3 is 0 Å². The number of rotatable bonds is 5. The normalized spacial score (nSPS) is 12.7. The fraction of sp³-hybridized carbons (Fsp3) is 0.278. The number of ether oxygens (including phenoxy) is 2. The van der Waals surface area contributed by atoms with Gasteiger partial charge in [0.25, 0.3) is 0 Å². The molecule has 0 saturated carbocycles. The number of fused-ring (bicyclic) bond motifs is 1. The molecule has 1 aliphatic rings. The van der Waals surface area contributed by atoms with E-state index < -0.39 is 0 Å². The highest BCUT2D eigenvalue weighted by atomic mass is 35.5. The van der Waals surface area contributed by atoms with Crippen LogP contribution >= 0.6 is 11.6 Å². The Morgan fingerprint density at radius 3 is 2.70 bits per heavy atom. The van der Waals surface area contributed by atoms with Crippen LogP contribution in [0.15, 0.2) is 42.5 Å². The molecule has 0 radical (unpaired) electrons. The molecule has 1 amide bonds. The van der Waals surface area contributed by atoms with Crippen molar-refractivity contribution in [3.05, 3.63) is 58.6 Å². The van der Waals surface area contributed by atoms with Crippen LogP contribution in [0, 0.1) is 0 Å². The van der Waals surface area contributed by atoms with Gasteiger partial charge in [-0.05, 0) is 41.8 Å². The Balaban J connectivity index is 1.49. The van der Waals surface area contributed by atoms with Gasteiger partial charge in [-0.15, -0.1) is 0 Å². The number of carbonyl (C=O) groups excluding carboxylic acids is 1. The smallest absolute Gasteiger partial charge is 0.224 e. The zero-order valence-corrected chi connectivity index (χ0v) is 13.4. The highest BCUT2D eigenvalue weighted by Gasteiger charge is 2.13. The molecule has 23 heavy (non-hydrogen) atoms. The van der Waals surface area contributed by atoms with Gasteiger partial charge in [0.15, 0.2) is 11.5 Å². The van der Waals surface area contributed by atoms with Crippen molar-refractivity contribution in [2.24, 2.45) is 0 Å². The number of hydrogen-bond acceptors (Lipinski definition) is 3. The highest BCUT2D eigenvalue weighted by Crippen LogP contribution is 2.30. The zero-order chi connectivity index (χ0) is 16.1. The number of benzene rings is 2. The fourth-order valence-electron chi connectivity index (χ4n) is 2.48. The first-order chi connectivity index (χ1) is 11.2. The number of halogens is 1. The fourth-order valence-corrected chi connectivity index (χ4v) is 2.70. The van der Waals surface area contributed by atoms with Crippen molar-refractivity contribution in [2.45, 2.75) is 12.8 Å². The van der Waals surface area contributed by atoms with Crippen molar-refractivity contribution >= 4 is 17.5 Å². The maximum atomic E-state index is 12.0. The van der Waals surface area contributed by atoms with Crippen molar-refractivity contribution in [1.29, 1.82) is 0 Å². The Morgan fingerprint density at radius 2 is 1.87 bits per heavy atom. The van der Waals surface area contributed by atoms with E-state index in [9.17, 15) is 4.79 Å². The summed E-state index contributed by atoms with van der Waals surface area (Å²) in [7, 11) is 0. The number of carbonyl (C=O) groups is 1. The lowest BCUT2D eigenvalue weighted by Gasteiger charge is -2.18. The molecule has 0 fully saturated rings. The lowest BCUT2D eigenvalue weighted by molar-refractivity contribution is -0.120. The minimum Gasteiger partial charge on any atom is -0.486 e. The summed E-state index contributed by atoms with van der Waals surface area (Å²) in [6.07, 6.45) is 1.08. The first kappa shape index (κ1) is 15.7. The lowest BCUT2D eigenvalue weighted by atomic mass is 10.1. The second kappa shape index (κ2) is 7.38. The van der Waals surface area contributed by atoms with Gasteiger partial charge in [0.05, 0.1) is 6.42 Å². The summed E-state index contributed by atoms with van der Waals surface area (Å²) in [6.45, 7) is 1.70. The maximum absolute atomic E-state index is 12.0. The number of hydrogen-bond donors (Lipinski definition) is 1. The van der Waals surface area contributed by atoms with Crippen LogP contribution in [0.25, 0.3) is 0 Å². The van der Waals surface area contributed by atoms with E-state index in [2.05, 4.69) is 5.32 Å². The van der Waals surface area contributed by atoms with Crippen LogP contribution in [-0.4, -0.2) is 25.7 Å². The predicted molar refractivity (Wildman–Crippen MR) is 89.3 cm³/mol. The van der Waals surface area contributed by atoms with Crippen molar-refractivity contribution in [2.75, 3.05) is 19.8 Å². The summed E-state index contributed by atoms with van der Waals surface area (Å²) in [5.41, 5.74) is 2.02. The molecule has 0 aliphatic carbocycles. The van der Waals surface area contributed by atoms with Gasteiger partial charge in [-0.1, -0.05) is 29.8 Å². The summed E-state index contributed by atoms with van der Waals surface area (Å²) in [4.78, 5) is 12.0. The van der Waals surface area contributed by atoms with E-state index in [4.69, 9.17) is 21.1 Å².